The van der Waals surface area contributed by atoms with Crippen LogP contribution in [-0.2, 0) is 0 Å². The van der Waals surface area contributed by atoms with Gasteiger partial charge in [0.05, 0.1) is 30.5 Å². The number of carbonyl (C=O) groups excluding carboxylic acids is 1. The van der Waals surface area contributed by atoms with Gasteiger partial charge >= 0.3 is 0 Å². The number of benzene rings is 2. The van der Waals surface area contributed by atoms with Crippen molar-refractivity contribution in [2.24, 2.45) is 0 Å². The van der Waals surface area contributed by atoms with Crippen LogP contribution in [0.1, 0.15) is 31.1 Å². The molecule has 2 rings (SSSR count). The second-order valence-electron chi connectivity index (χ2n) is 5.18. The lowest BCUT2D eigenvalue weighted by molar-refractivity contribution is 0.102. The fourth-order valence-electron chi connectivity index (χ4n) is 2.31. The van der Waals surface area contributed by atoms with Crippen molar-refractivity contribution in [1.29, 1.82) is 0 Å². The fraction of sp³-hybridized carbons (Fsp3) is 0.316. The van der Waals surface area contributed by atoms with Crippen molar-refractivity contribution >= 4 is 23.2 Å². The molecule has 0 aliphatic heterocycles. The molecule has 0 radical (unpaired) electrons. The molecule has 1 amide bonds. The van der Waals surface area contributed by atoms with Gasteiger partial charge < -0.3 is 19.5 Å². The average Bonchev–Trinajstić information content (AvgIpc) is 2.60. The molecule has 0 spiro atoms. The van der Waals surface area contributed by atoms with Gasteiger partial charge in [0, 0.05) is 5.56 Å². The number of hydrogen-bond acceptors (Lipinski definition) is 4. The minimum atomic E-state index is -0.480. The molecule has 1 N–H and O–H groups in total. The average molecular weight is 382 g/mol. The van der Waals surface area contributed by atoms with E-state index in [0.717, 1.165) is 6.07 Å². The van der Waals surface area contributed by atoms with Crippen LogP contribution >= 0.6 is 11.6 Å². The molecule has 2 aromatic carbocycles. The van der Waals surface area contributed by atoms with Crippen LogP contribution in [-0.4, -0.2) is 25.7 Å². The minimum Gasteiger partial charge on any atom is -0.490 e. The van der Waals surface area contributed by atoms with Gasteiger partial charge in [0.25, 0.3) is 5.91 Å². The molecule has 5 nitrogen and oxygen atoms in total. The van der Waals surface area contributed by atoms with Gasteiger partial charge in [-0.15, -0.1) is 0 Å². The molecule has 140 valence electrons. The van der Waals surface area contributed by atoms with Gasteiger partial charge in [0.15, 0.2) is 11.5 Å². The predicted octanol–water partition coefficient (Wildman–Crippen LogP) is 4.93. The maximum absolute atomic E-state index is 13.2. The summed E-state index contributed by atoms with van der Waals surface area (Å²) in [6, 6.07) is 6.90. The first kappa shape index (κ1) is 19.8. The van der Waals surface area contributed by atoms with Crippen molar-refractivity contribution in [3.63, 3.8) is 0 Å². The summed E-state index contributed by atoms with van der Waals surface area (Å²) in [7, 11) is 0. The Labute approximate surface area is 157 Å². The Kier molecular flexibility index (Phi) is 7.09. The summed E-state index contributed by atoms with van der Waals surface area (Å²) in [6.07, 6.45) is 0. The van der Waals surface area contributed by atoms with Gasteiger partial charge in [-0.1, -0.05) is 11.6 Å². The molecule has 26 heavy (non-hydrogen) atoms. The summed E-state index contributed by atoms with van der Waals surface area (Å²) in [5.74, 6) is 0.369. The van der Waals surface area contributed by atoms with Crippen molar-refractivity contribution < 1.29 is 23.4 Å². The highest BCUT2D eigenvalue weighted by atomic mass is 35.5. The Bertz CT molecular complexity index is 755. The quantitative estimate of drug-likeness (QED) is 0.704. The summed E-state index contributed by atoms with van der Waals surface area (Å²) in [5, 5.41) is 2.76. The first-order valence-corrected chi connectivity index (χ1v) is 8.70. The summed E-state index contributed by atoms with van der Waals surface area (Å²) in [4.78, 5) is 12.6. The Morgan fingerprint density at radius 1 is 1.00 bits per heavy atom. The molecule has 0 aromatic heterocycles. The largest absolute Gasteiger partial charge is 0.490 e. The predicted molar refractivity (Wildman–Crippen MR) is 99.3 cm³/mol. The van der Waals surface area contributed by atoms with Gasteiger partial charge in [0.1, 0.15) is 5.82 Å². The van der Waals surface area contributed by atoms with E-state index in [1.54, 1.807) is 12.1 Å². The number of anilines is 1. The van der Waals surface area contributed by atoms with Crippen LogP contribution in [0, 0.1) is 5.82 Å². The second-order valence-corrected chi connectivity index (χ2v) is 5.59. The molecule has 7 heteroatoms. The van der Waals surface area contributed by atoms with Crippen molar-refractivity contribution in [1.82, 2.24) is 0 Å². The topological polar surface area (TPSA) is 56.8 Å². The Morgan fingerprint density at radius 3 is 2.08 bits per heavy atom. The third-order valence-electron chi connectivity index (χ3n) is 3.35. The first-order valence-electron chi connectivity index (χ1n) is 8.32. The summed E-state index contributed by atoms with van der Waals surface area (Å²) in [6.45, 7) is 6.75. The number of carbonyl (C=O) groups is 1. The van der Waals surface area contributed by atoms with Crippen LogP contribution in [0.2, 0.25) is 5.02 Å². The number of halogens is 2. The summed E-state index contributed by atoms with van der Waals surface area (Å²) in [5.41, 5.74) is 0.614. The van der Waals surface area contributed by atoms with E-state index in [2.05, 4.69) is 5.32 Å². The highest BCUT2D eigenvalue weighted by Gasteiger charge is 2.19. The number of hydrogen-bond donors (Lipinski definition) is 1. The van der Waals surface area contributed by atoms with Crippen LogP contribution in [0.5, 0.6) is 17.2 Å². The molecule has 0 aliphatic carbocycles. The lowest BCUT2D eigenvalue weighted by atomic mass is 10.1. The minimum absolute atomic E-state index is 0.111. The van der Waals surface area contributed by atoms with Gasteiger partial charge in [-0.2, -0.15) is 0 Å². The zero-order valence-corrected chi connectivity index (χ0v) is 15.7. The zero-order valence-electron chi connectivity index (χ0n) is 14.9. The van der Waals surface area contributed by atoms with E-state index < -0.39 is 11.7 Å². The third kappa shape index (κ3) is 4.79. The normalized spacial score (nSPS) is 10.3. The van der Waals surface area contributed by atoms with Gasteiger partial charge in [0.2, 0.25) is 5.75 Å². The van der Waals surface area contributed by atoms with E-state index in [1.165, 1.54) is 12.1 Å². The fourth-order valence-corrected chi connectivity index (χ4v) is 2.52. The molecular weight excluding hydrogens is 361 g/mol. The standard InChI is InChI=1S/C19H21ClFNO4/c1-4-24-16-9-12(10-17(25-5-2)18(16)26-6-3)19(23)22-15-8-7-13(21)11-14(15)20/h7-11H,4-6H2,1-3H3,(H,22,23). The monoisotopic (exact) mass is 381 g/mol. The van der Waals surface area contributed by atoms with E-state index in [1.807, 2.05) is 20.8 Å². The maximum atomic E-state index is 13.2. The molecule has 0 unspecified atom stereocenters. The molecule has 0 atom stereocenters. The number of rotatable bonds is 8. The number of ether oxygens (including phenoxy) is 3. The van der Waals surface area contributed by atoms with Crippen LogP contribution in [0.4, 0.5) is 10.1 Å². The van der Waals surface area contributed by atoms with Crippen LogP contribution < -0.4 is 19.5 Å². The lowest BCUT2D eigenvalue weighted by Gasteiger charge is -2.17. The Balaban J connectivity index is 2.38. The van der Waals surface area contributed by atoms with Crippen molar-refractivity contribution in [2.45, 2.75) is 20.8 Å². The van der Waals surface area contributed by atoms with Crippen LogP contribution in [0.25, 0.3) is 0 Å². The van der Waals surface area contributed by atoms with Crippen LogP contribution in [0.3, 0.4) is 0 Å². The van der Waals surface area contributed by atoms with Gasteiger partial charge in [-0.05, 0) is 51.1 Å². The highest BCUT2D eigenvalue weighted by molar-refractivity contribution is 6.33. The summed E-state index contributed by atoms with van der Waals surface area (Å²) >= 11 is 5.97. The zero-order chi connectivity index (χ0) is 19.1. The van der Waals surface area contributed by atoms with E-state index in [9.17, 15) is 9.18 Å². The molecular formula is C19H21ClFNO4. The molecule has 0 saturated heterocycles. The molecule has 0 bridgehead atoms. The molecule has 0 saturated carbocycles. The lowest BCUT2D eigenvalue weighted by Crippen LogP contribution is -2.13. The van der Waals surface area contributed by atoms with E-state index >= 15 is 0 Å². The van der Waals surface area contributed by atoms with Crippen LogP contribution in [0.15, 0.2) is 30.3 Å². The van der Waals surface area contributed by atoms with Gasteiger partial charge in [-0.3, -0.25) is 4.79 Å². The Hall–Kier alpha value is -2.47. The van der Waals surface area contributed by atoms with Crippen molar-refractivity contribution in [3.05, 3.63) is 46.7 Å². The van der Waals surface area contributed by atoms with Crippen molar-refractivity contribution in [3.8, 4) is 17.2 Å². The molecule has 0 fully saturated rings. The van der Waals surface area contributed by atoms with E-state index in [0.29, 0.717) is 48.3 Å². The summed E-state index contributed by atoms with van der Waals surface area (Å²) < 4.78 is 30.0. The molecule has 0 aliphatic rings. The van der Waals surface area contributed by atoms with Crippen molar-refractivity contribution in [2.75, 3.05) is 25.1 Å². The van der Waals surface area contributed by atoms with Gasteiger partial charge in [-0.25, -0.2) is 4.39 Å². The SMILES string of the molecule is CCOc1cc(C(=O)Nc2ccc(F)cc2Cl)cc(OCC)c1OCC. The molecule has 2 aromatic rings. The number of amides is 1. The first-order chi connectivity index (χ1) is 12.5. The third-order valence-corrected chi connectivity index (χ3v) is 3.66. The number of nitrogens with one attached hydrogen (secondary N) is 1. The van der Waals surface area contributed by atoms with E-state index in [4.69, 9.17) is 25.8 Å². The smallest absolute Gasteiger partial charge is 0.255 e. The maximum Gasteiger partial charge on any atom is 0.255 e. The second kappa shape index (κ2) is 9.29. The Morgan fingerprint density at radius 2 is 1.58 bits per heavy atom. The van der Waals surface area contributed by atoms with E-state index in [-0.39, 0.29) is 5.02 Å². The highest BCUT2D eigenvalue weighted by Crippen LogP contribution is 2.39. The molecule has 0 heterocycles.